The Hall–Kier alpha value is -0.890. The highest BCUT2D eigenvalue weighted by atomic mass is 32.1. The maximum atomic E-state index is 5.47. The number of rotatable bonds is 2. The van der Waals surface area contributed by atoms with Crippen LogP contribution >= 0.6 is 12.2 Å². The fourth-order valence-electron chi connectivity index (χ4n) is 1.96. The second kappa shape index (κ2) is 4.09. The van der Waals surface area contributed by atoms with Crippen LogP contribution in [0.25, 0.3) is 0 Å². The molecule has 0 bridgehead atoms. The Morgan fingerprint density at radius 2 is 2.14 bits per heavy atom. The molecular formula is C12H15NS. The predicted octanol–water partition coefficient (Wildman–Crippen LogP) is 2.63. The van der Waals surface area contributed by atoms with Gasteiger partial charge >= 0.3 is 0 Å². The summed E-state index contributed by atoms with van der Waals surface area (Å²) in [4.78, 5) is 3.35. The van der Waals surface area contributed by atoms with E-state index in [-0.39, 0.29) is 0 Å². The first-order valence-corrected chi connectivity index (χ1v) is 5.61. The van der Waals surface area contributed by atoms with Gasteiger partial charge in [0.15, 0.2) is 0 Å². The molecule has 2 heteroatoms. The Balaban J connectivity index is 2.27. The second-order valence-electron chi connectivity index (χ2n) is 3.70. The van der Waals surface area contributed by atoms with Crippen LogP contribution in [0.1, 0.15) is 24.5 Å². The molecular weight excluding hydrogens is 190 g/mol. The van der Waals surface area contributed by atoms with Crippen LogP contribution in [0.2, 0.25) is 0 Å². The van der Waals surface area contributed by atoms with Crippen LogP contribution < -0.4 is 0 Å². The SMILES string of the molecule is CCCN1CCc2ccccc2C1=S. The zero-order chi connectivity index (χ0) is 9.97. The van der Waals surface area contributed by atoms with Crippen molar-refractivity contribution in [3.05, 3.63) is 35.4 Å². The third-order valence-corrected chi connectivity index (χ3v) is 3.16. The standard InChI is InChI=1S/C12H15NS/c1-2-8-13-9-7-10-5-3-4-6-11(10)12(13)14/h3-6H,2,7-9H2,1H3. The van der Waals surface area contributed by atoms with Crippen molar-refractivity contribution in [3.8, 4) is 0 Å². The average molecular weight is 205 g/mol. The van der Waals surface area contributed by atoms with Gasteiger partial charge in [-0.05, 0) is 18.4 Å². The Morgan fingerprint density at radius 3 is 2.93 bits per heavy atom. The summed E-state index contributed by atoms with van der Waals surface area (Å²) in [6.45, 7) is 4.37. The molecule has 0 saturated carbocycles. The molecule has 1 aliphatic heterocycles. The lowest BCUT2D eigenvalue weighted by molar-refractivity contribution is 0.420. The summed E-state index contributed by atoms with van der Waals surface area (Å²) in [5.41, 5.74) is 2.67. The van der Waals surface area contributed by atoms with E-state index in [1.165, 1.54) is 17.5 Å². The molecule has 0 radical (unpaired) electrons. The van der Waals surface area contributed by atoms with Crippen LogP contribution in [0.4, 0.5) is 0 Å². The maximum absolute atomic E-state index is 5.47. The largest absolute Gasteiger partial charge is 0.362 e. The summed E-state index contributed by atoms with van der Waals surface area (Å²) in [5, 5.41) is 0. The fraction of sp³-hybridized carbons (Fsp3) is 0.417. The minimum atomic E-state index is 1.04. The molecule has 74 valence electrons. The van der Waals surface area contributed by atoms with E-state index >= 15 is 0 Å². The van der Waals surface area contributed by atoms with E-state index in [1.54, 1.807) is 0 Å². The highest BCUT2D eigenvalue weighted by Crippen LogP contribution is 2.19. The lowest BCUT2D eigenvalue weighted by Crippen LogP contribution is -2.37. The van der Waals surface area contributed by atoms with Crippen LogP contribution in [-0.2, 0) is 6.42 Å². The van der Waals surface area contributed by atoms with Crippen molar-refractivity contribution in [2.75, 3.05) is 13.1 Å². The second-order valence-corrected chi connectivity index (χ2v) is 4.09. The summed E-state index contributed by atoms with van der Waals surface area (Å²) in [7, 11) is 0. The smallest absolute Gasteiger partial charge is 0.109 e. The van der Waals surface area contributed by atoms with E-state index in [9.17, 15) is 0 Å². The van der Waals surface area contributed by atoms with Crippen LogP contribution in [0, 0.1) is 0 Å². The summed E-state index contributed by atoms with van der Waals surface area (Å²) in [5.74, 6) is 0. The Labute approximate surface area is 90.7 Å². The first-order chi connectivity index (χ1) is 6.83. The molecule has 0 aliphatic carbocycles. The molecule has 1 heterocycles. The van der Waals surface area contributed by atoms with Gasteiger partial charge in [-0.25, -0.2) is 0 Å². The van der Waals surface area contributed by atoms with Gasteiger partial charge in [0.25, 0.3) is 0 Å². The number of nitrogens with zero attached hydrogens (tertiary/aromatic N) is 1. The minimum absolute atomic E-state index is 1.04. The summed E-state index contributed by atoms with van der Waals surface area (Å²) < 4.78 is 0. The Kier molecular flexibility index (Phi) is 2.82. The van der Waals surface area contributed by atoms with Crippen LogP contribution in [0.5, 0.6) is 0 Å². The number of hydrogen-bond donors (Lipinski definition) is 0. The molecule has 0 spiro atoms. The zero-order valence-corrected chi connectivity index (χ0v) is 9.31. The van der Waals surface area contributed by atoms with Crippen molar-refractivity contribution in [1.29, 1.82) is 0 Å². The van der Waals surface area contributed by atoms with Gasteiger partial charge in [0.2, 0.25) is 0 Å². The van der Waals surface area contributed by atoms with E-state index in [2.05, 4.69) is 36.1 Å². The van der Waals surface area contributed by atoms with Crippen LogP contribution in [0.3, 0.4) is 0 Å². The molecule has 0 amide bonds. The van der Waals surface area contributed by atoms with Gasteiger partial charge < -0.3 is 4.90 Å². The van der Waals surface area contributed by atoms with Crippen LogP contribution in [-0.4, -0.2) is 23.0 Å². The molecule has 0 atom stereocenters. The van der Waals surface area contributed by atoms with E-state index in [0.717, 1.165) is 24.5 Å². The topological polar surface area (TPSA) is 3.24 Å². The van der Waals surface area contributed by atoms with Gasteiger partial charge in [-0.2, -0.15) is 0 Å². The third kappa shape index (κ3) is 1.67. The maximum Gasteiger partial charge on any atom is 0.109 e. The van der Waals surface area contributed by atoms with Crippen LogP contribution in [0.15, 0.2) is 24.3 Å². The number of fused-ring (bicyclic) bond motifs is 1. The molecule has 14 heavy (non-hydrogen) atoms. The van der Waals surface area contributed by atoms with Gasteiger partial charge in [0, 0.05) is 18.7 Å². The third-order valence-electron chi connectivity index (χ3n) is 2.68. The van der Waals surface area contributed by atoms with Gasteiger partial charge in [0.1, 0.15) is 4.99 Å². The lowest BCUT2D eigenvalue weighted by Gasteiger charge is -2.30. The highest BCUT2D eigenvalue weighted by Gasteiger charge is 2.18. The first-order valence-electron chi connectivity index (χ1n) is 5.20. The molecule has 1 aromatic rings. The quantitative estimate of drug-likeness (QED) is 0.683. The molecule has 0 saturated heterocycles. The average Bonchev–Trinajstić information content (AvgIpc) is 2.23. The van der Waals surface area contributed by atoms with E-state index < -0.39 is 0 Å². The zero-order valence-electron chi connectivity index (χ0n) is 8.49. The van der Waals surface area contributed by atoms with Crippen molar-refractivity contribution in [2.24, 2.45) is 0 Å². The molecule has 0 fully saturated rings. The predicted molar refractivity (Wildman–Crippen MR) is 63.7 cm³/mol. The Morgan fingerprint density at radius 1 is 1.36 bits per heavy atom. The van der Waals surface area contributed by atoms with Crippen molar-refractivity contribution < 1.29 is 0 Å². The molecule has 2 rings (SSSR count). The number of hydrogen-bond acceptors (Lipinski definition) is 1. The van der Waals surface area contributed by atoms with Crippen molar-refractivity contribution in [2.45, 2.75) is 19.8 Å². The highest BCUT2D eigenvalue weighted by molar-refractivity contribution is 7.80. The van der Waals surface area contributed by atoms with E-state index in [1.807, 2.05) is 0 Å². The van der Waals surface area contributed by atoms with Crippen molar-refractivity contribution >= 4 is 17.2 Å². The van der Waals surface area contributed by atoms with Gasteiger partial charge in [-0.3, -0.25) is 0 Å². The lowest BCUT2D eigenvalue weighted by atomic mass is 10.00. The van der Waals surface area contributed by atoms with Crippen molar-refractivity contribution in [3.63, 3.8) is 0 Å². The molecule has 0 aromatic heterocycles. The monoisotopic (exact) mass is 205 g/mol. The van der Waals surface area contributed by atoms with E-state index in [4.69, 9.17) is 12.2 Å². The summed E-state index contributed by atoms with van der Waals surface area (Å²) in [6, 6.07) is 8.49. The number of benzene rings is 1. The Bertz CT molecular complexity index is 346. The minimum Gasteiger partial charge on any atom is -0.362 e. The molecule has 0 N–H and O–H groups in total. The molecule has 1 nitrogen and oxygen atoms in total. The van der Waals surface area contributed by atoms with Gasteiger partial charge in [-0.15, -0.1) is 0 Å². The number of thiocarbonyl (C=S) groups is 1. The normalized spacial score (nSPS) is 15.5. The van der Waals surface area contributed by atoms with Gasteiger partial charge in [-0.1, -0.05) is 43.4 Å². The van der Waals surface area contributed by atoms with Gasteiger partial charge in [0.05, 0.1) is 0 Å². The summed E-state index contributed by atoms with van der Waals surface area (Å²) >= 11 is 5.47. The molecule has 0 unspecified atom stereocenters. The summed E-state index contributed by atoms with van der Waals surface area (Å²) in [6.07, 6.45) is 2.30. The fourth-order valence-corrected chi connectivity index (χ4v) is 2.34. The molecule has 1 aromatic carbocycles. The first kappa shape index (κ1) is 9.66. The van der Waals surface area contributed by atoms with Crippen molar-refractivity contribution in [1.82, 2.24) is 4.90 Å². The molecule has 1 aliphatic rings. The van der Waals surface area contributed by atoms with E-state index in [0.29, 0.717) is 0 Å².